The third kappa shape index (κ3) is 5.08. The van der Waals surface area contributed by atoms with Crippen LogP contribution in [-0.2, 0) is 30.6 Å². The average Bonchev–Trinajstić information content (AvgIpc) is 3.25. The molecule has 2 atom stereocenters. The Labute approximate surface area is 211 Å². The molecule has 1 fully saturated rings. The third-order valence-electron chi connectivity index (χ3n) is 5.11. The van der Waals surface area contributed by atoms with Crippen molar-refractivity contribution >= 4 is 63.4 Å². The molecular weight excluding hydrogens is 514 g/mol. The van der Waals surface area contributed by atoms with Crippen LogP contribution in [0.4, 0.5) is 10.8 Å². The molecule has 14 nitrogen and oxygen atoms in total. The maximum Gasteiger partial charge on any atom is 0.344 e. The van der Waals surface area contributed by atoms with Gasteiger partial charge in [-0.3, -0.25) is 14.5 Å². The van der Waals surface area contributed by atoms with Crippen molar-refractivity contribution in [2.75, 3.05) is 23.8 Å². The lowest BCUT2D eigenvalue weighted by molar-refractivity contribution is -0.688. The number of hydrogen-bond donors (Lipinski definition) is 4. The van der Waals surface area contributed by atoms with Crippen molar-refractivity contribution in [1.82, 2.24) is 15.2 Å². The van der Waals surface area contributed by atoms with E-state index in [0.717, 1.165) is 16.2 Å². The van der Waals surface area contributed by atoms with E-state index in [-0.39, 0.29) is 34.5 Å². The molecule has 1 saturated heterocycles. The number of rotatable bonds is 9. The molecule has 0 aromatic carbocycles. The molecule has 0 radical (unpaired) electrons. The van der Waals surface area contributed by atoms with Gasteiger partial charge in [-0.15, -0.1) is 23.1 Å². The van der Waals surface area contributed by atoms with E-state index in [2.05, 4.69) is 20.3 Å². The molecule has 2 amide bonds. The van der Waals surface area contributed by atoms with E-state index in [1.165, 1.54) is 17.1 Å². The maximum atomic E-state index is 12.9. The summed E-state index contributed by atoms with van der Waals surface area (Å²) in [7, 11) is 0. The number of nitrogen functional groups attached to an aromatic ring is 2. The number of carbonyl (C=O) groups is 4. The molecule has 0 bridgehead atoms. The Kier molecular flexibility index (Phi) is 7.07. The van der Waals surface area contributed by atoms with E-state index >= 15 is 0 Å². The van der Waals surface area contributed by atoms with Gasteiger partial charge in [0.05, 0.1) is 17.4 Å². The Hall–Kier alpha value is -4.18. The van der Waals surface area contributed by atoms with Crippen molar-refractivity contribution < 1.29 is 38.8 Å². The summed E-state index contributed by atoms with van der Waals surface area (Å²) < 4.78 is 1.69. The number of aromatic nitrogens is 2. The number of aliphatic carboxylic acids is 2. The van der Waals surface area contributed by atoms with Gasteiger partial charge >= 0.3 is 5.97 Å². The number of fused-ring (bicyclic) bond motifs is 1. The van der Waals surface area contributed by atoms with Crippen LogP contribution in [0.15, 0.2) is 46.3 Å². The highest BCUT2D eigenvalue weighted by Gasteiger charge is 2.53. The van der Waals surface area contributed by atoms with Crippen LogP contribution in [0.1, 0.15) is 5.69 Å². The van der Waals surface area contributed by atoms with Crippen LogP contribution in [0.3, 0.4) is 0 Å². The molecule has 2 aromatic rings. The first kappa shape index (κ1) is 24.9. The predicted molar refractivity (Wildman–Crippen MR) is 125 cm³/mol. The first-order valence-electron chi connectivity index (χ1n) is 10.2. The quantitative estimate of drug-likeness (QED) is 0.114. The highest BCUT2D eigenvalue weighted by Crippen LogP contribution is 2.40. The number of thiazole rings is 1. The number of nitrogens with one attached hydrogen (secondary N) is 1. The molecule has 0 saturated carbocycles. The standard InChI is InChI=1S/C20H19N7O7S2/c21-10-2-1-3-26(5-10)4-9-7-35-18-14(17(31)27(18)15(9)19(32)33)24-16(30)13(25-34-6-12(28)29)11-8-36-20(22)23-11/h1-3,5,8,14,18H,4,6-7,21H2,(H4-,22,23,24,28,29,30,32,33)/t14?,18-/m0/s1. The summed E-state index contributed by atoms with van der Waals surface area (Å²) in [5, 5.41) is 27.6. The Morgan fingerprint density at radius 1 is 1.39 bits per heavy atom. The van der Waals surface area contributed by atoms with Gasteiger partial charge in [-0.2, -0.15) is 4.57 Å². The second kappa shape index (κ2) is 10.2. The number of carbonyl (C=O) groups excluding carboxylic acids is 3. The van der Waals surface area contributed by atoms with Crippen molar-refractivity contribution in [2.24, 2.45) is 5.16 Å². The minimum absolute atomic E-state index is 0.0251. The van der Waals surface area contributed by atoms with Gasteiger partial charge in [0.1, 0.15) is 17.1 Å². The Bertz CT molecular complexity index is 1310. The largest absolute Gasteiger partial charge is 0.543 e. The minimum Gasteiger partial charge on any atom is -0.543 e. The van der Waals surface area contributed by atoms with Crippen molar-refractivity contribution in [1.29, 1.82) is 0 Å². The van der Waals surface area contributed by atoms with Gasteiger partial charge < -0.3 is 36.6 Å². The highest BCUT2D eigenvalue weighted by molar-refractivity contribution is 8.00. The van der Waals surface area contributed by atoms with Gasteiger partial charge in [0.25, 0.3) is 11.8 Å². The third-order valence-corrected chi connectivity index (χ3v) is 7.12. The Balaban J connectivity index is 1.53. The van der Waals surface area contributed by atoms with Crippen LogP contribution in [0.25, 0.3) is 0 Å². The summed E-state index contributed by atoms with van der Waals surface area (Å²) >= 11 is 2.29. The van der Waals surface area contributed by atoms with Crippen molar-refractivity contribution in [3.63, 3.8) is 0 Å². The molecule has 2 aliphatic rings. The maximum absolute atomic E-state index is 12.9. The summed E-state index contributed by atoms with van der Waals surface area (Å²) in [6, 6.07) is 2.33. The summed E-state index contributed by atoms with van der Waals surface area (Å²) in [5.41, 5.74) is 11.7. The first-order valence-corrected chi connectivity index (χ1v) is 12.1. The number of carboxylic acid groups (broad SMARTS) is 2. The highest BCUT2D eigenvalue weighted by atomic mass is 32.2. The van der Waals surface area contributed by atoms with E-state index in [9.17, 15) is 24.3 Å². The lowest BCUT2D eigenvalue weighted by atomic mass is 10.0. The van der Waals surface area contributed by atoms with Gasteiger partial charge in [0.15, 0.2) is 29.8 Å². The van der Waals surface area contributed by atoms with Crippen molar-refractivity contribution in [3.05, 3.63) is 46.9 Å². The number of β-lactam (4-membered cyclic amide) rings is 1. The van der Waals surface area contributed by atoms with Crippen LogP contribution in [-0.4, -0.2) is 68.2 Å². The van der Waals surface area contributed by atoms with Crippen LogP contribution in [0, 0.1) is 0 Å². The average molecular weight is 534 g/mol. The molecule has 0 aliphatic carbocycles. The summed E-state index contributed by atoms with van der Waals surface area (Å²) in [6.45, 7) is -0.628. The van der Waals surface area contributed by atoms with Gasteiger partial charge in [-0.05, 0) is 6.07 Å². The van der Waals surface area contributed by atoms with Gasteiger partial charge in [-0.25, -0.2) is 9.78 Å². The number of carboxylic acids is 2. The van der Waals surface area contributed by atoms with E-state index in [4.69, 9.17) is 16.6 Å². The summed E-state index contributed by atoms with van der Waals surface area (Å²) in [5.74, 6) is -4.09. The van der Waals surface area contributed by atoms with Crippen LogP contribution in [0.5, 0.6) is 0 Å². The molecule has 6 N–H and O–H groups in total. The second-order valence-corrected chi connectivity index (χ2v) is 9.58. The second-order valence-electron chi connectivity index (χ2n) is 7.59. The fourth-order valence-corrected chi connectivity index (χ4v) is 5.50. The molecule has 1 unspecified atom stereocenters. The van der Waals surface area contributed by atoms with Crippen LogP contribution < -0.4 is 26.5 Å². The SMILES string of the molecule is Nc1ccc[n+](CC2=C(C(=O)[O-])N3C(=O)C(NC(=O)C(=NOCC(=O)O)c4csc(N)n4)[C@@H]3SC2)c1. The van der Waals surface area contributed by atoms with Gasteiger partial charge in [0, 0.05) is 22.8 Å². The zero-order valence-corrected chi connectivity index (χ0v) is 20.0. The molecule has 36 heavy (non-hydrogen) atoms. The molecule has 0 spiro atoms. The number of thioether (sulfide) groups is 1. The molecule has 188 valence electrons. The van der Waals surface area contributed by atoms with Crippen LogP contribution in [0.2, 0.25) is 0 Å². The Morgan fingerprint density at radius 3 is 2.81 bits per heavy atom. The number of nitrogens with two attached hydrogens (primary N) is 2. The molecule has 4 heterocycles. The number of oxime groups is 1. The zero-order valence-electron chi connectivity index (χ0n) is 18.3. The van der Waals surface area contributed by atoms with E-state index in [1.807, 2.05) is 0 Å². The number of nitrogens with zero attached hydrogens (tertiary/aromatic N) is 4. The smallest absolute Gasteiger partial charge is 0.344 e. The summed E-state index contributed by atoms with van der Waals surface area (Å²) in [4.78, 5) is 58.2. The van der Waals surface area contributed by atoms with Crippen LogP contribution >= 0.6 is 23.1 Å². The predicted octanol–water partition coefficient (Wildman–Crippen LogP) is -2.50. The lowest BCUT2D eigenvalue weighted by Gasteiger charge is -2.50. The molecule has 4 rings (SSSR count). The topological polar surface area (TPSA) is 217 Å². The van der Waals surface area contributed by atoms with Gasteiger partial charge in [-0.1, -0.05) is 5.16 Å². The van der Waals surface area contributed by atoms with Crippen molar-refractivity contribution in [2.45, 2.75) is 18.0 Å². The van der Waals surface area contributed by atoms with E-state index < -0.39 is 41.8 Å². The minimum atomic E-state index is -1.51. The zero-order chi connectivity index (χ0) is 26.0. The normalized spacial score (nSPS) is 19.4. The first-order chi connectivity index (χ1) is 17.2. The molecule has 2 aromatic heterocycles. The number of hydrogen-bond acceptors (Lipinski definition) is 12. The van der Waals surface area contributed by atoms with Crippen molar-refractivity contribution in [3.8, 4) is 0 Å². The van der Waals surface area contributed by atoms with E-state index in [0.29, 0.717) is 11.3 Å². The lowest BCUT2D eigenvalue weighted by Crippen LogP contribution is -2.71. The monoisotopic (exact) mass is 533 g/mol. The fourth-order valence-electron chi connectivity index (χ4n) is 3.62. The molecule has 2 aliphatic heterocycles. The number of anilines is 2. The summed E-state index contributed by atoms with van der Waals surface area (Å²) in [6.07, 6.45) is 3.35. The fraction of sp³-hybridized carbons (Fsp3) is 0.250. The Morgan fingerprint density at radius 2 is 2.17 bits per heavy atom. The number of pyridine rings is 1. The molecular formula is C20H19N7O7S2. The van der Waals surface area contributed by atoms with Gasteiger partial charge in [0.2, 0.25) is 6.61 Å². The molecule has 16 heteroatoms. The van der Waals surface area contributed by atoms with E-state index in [1.54, 1.807) is 29.1 Å². The number of amides is 2.